The zero-order chi connectivity index (χ0) is 42.4. The monoisotopic (exact) mass is 921 g/mol. The Bertz CT molecular complexity index is 2420. The molecule has 6 aromatic carbocycles. The van der Waals surface area contributed by atoms with Crippen molar-refractivity contribution in [2.75, 3.05) is 0 Å². The van der Waals surface area contributed by atoms with E-state index in [0.29, 0.717) is 11.8 Å². The Morgan fingerprint density at radius 1 is 0.500 bits per heavy atom. The van der Waals surface area contributed by atoms with Gasteiger partial charge in [0.05, 0.1) is 0 Å². The third-order valence-electron chi connectivity index (χ3n) is 13.7. The normalized spacial score (nSPS) is 16.8. The molecule has 2 aliphatic rings. The van der Waals surface area contributed by atoms with Gasteiger partial charge in [0.15, 0.2) is 0 Å². The minimum absolute atomic E-state index is 0.0933. The average Bonchev–Trinajstić information content (AvgIpc) is 3.86. The molecule has 2 unspecified atom stereocenters. The number of hydrogen-bond acceptors (Lipinski definition) is 0. The second kappa shape index (κ2) is 17.3. The third kappa shape index (κ3) is 7.26. The molecular weight excluding hydrogens is 863 g/mol. The van der Waals surface area contributed by atoms with Gasteiger partial charge in [0, 0.05) is 0 Å². The molecule has 0 aliphatic heterocycles. The van der Waals surface area contributed by atoms with E-state index in [9.17, 15) is 17.0 Å². The summed E-state index contributed by atoms with van der Waals surface area (Å²) < 4.78 is -0.187. The first kappa shape index (κ1) is 43.1. The van der Waals surface area contributed by atoms with Crippen molar-refractivity contribution in [3.63, 3.8) is 0 Å². The Kier molecular flexibility index (Phi) is 12.5. The topological polar surface area (TPSA) is 0 Å². The van der Waals surface area contributed by atoms with Crippen LogP contribution in [0.1, 0.15) is 129 Å². The first-order chi connectivity index (χ1) is 28.9. The van der Waals surface area contributed by atoms with Gasteiger partial charge in [-0.2, -0.15) is 0 Å². The van der Waals surface area contributed by atoms with Crippen molar-refractivity contribution in [1.29, 1.82) is 0 Å². The predicted molar refractivity (Wildman–Crippen MR) is 265 cm³/mol. The maximum absolute atomic E-state index is 9.20. The van der Waals surface area contributed by atoms with Crippen molar-refractivity contribution < 1.29 is 15.6 Å². The van der Waals surface area contributed by atoms with Gasteiger partial charge >= 0.3 is 373 Å². The van der Waals surface area contributed by atoms with Gasteiger partial charge in [0.2, 0.25) is 0 Å². The molecule has 0 fully saturated rings. The van der Waals surface area contributed by atoms with Crippen LogP contribution in [0.5, 0.6) is 0 Å². The molecule has 0 amide bonds. The van der Waals surface area contributed by atoms with Gasteiger partial charge in [0.1, 0.15) is 0 Å². The molecule has 0 heterocycles. The van der Waals surface area contributed by atoms with Crippen LogP contribution in [-0.4, -0.2) is 5.92 Å². The molecular formula is C56H61Cl2SiZr. The first-order valence-electron chi connectivity index (χ1n) is 22.5. The van der Waals surface area contributed by atoms with Crippen molar-refractivity contribution in [3.8, 4) is 22.3 Å². The van der Waals surface area contributed by atoms with E-state index < -0.39 is 21.5 Å². The van der Waals surface area contributed by atoms with E-state index in [4.69, 9.17) is 0 Å². The summed E-state index contributed by atoms with van der Waals surface area (Å²) in [7, 11) is 18.4. The maximum atomic E-state index is 9.20. The number of aryl methyl sites for hydroxylation is 2. The van der Waals surface area contributed by atoms with Crippen LogP contribution in [0.3, 0.4) is 0 Å². The Hall–Kier alpha value is -3.52. The second-order valence-electron chi connectivity index (χ2n) is 18.4. The van der Waals surface area contributed by atoms with Gasteiger partial charge in [-0.1, -0.05) is 0 Å². The number of halogens is 2. The number of benzene rings is 6. The van der Waals surface area contributed by atoms with E-state index in [1.807, 2.05) is 0 Å². The van der Waals surface area contributed by atoms with Gasteiger partial charge in [-0.3, -0.25) is 0 Å². The van der Waals surface area contributed by atoms with Gasteiger partial charge in [-0.25, -0.2) is 0 Å². The SMILES string of the molecule is CCCc1ccc2c(c1-c1ccccc1C(C)C)C=C(c1ccccc1)[CH]2[Zr]([Cl])([Cl])([CH]1C(c2ccccc2)=Cc2c1ccc(CCC)c2-c1ccccc1C(C)C)[SiH](C)C. The zero-order valence-electron chi connectivity index (χ0n) is 36.8. The molecule has 0 saturated heterocycles. The molecule has 0 nitrogen and oxygen atoms in total. The van der Waals surface area contributed by atoms with Crippen LogP contribution in [0.4, 0.5) is 0 Å². The summed E-state index contributed by atoms with van der Waals surface area (Å²) in [6.45, 7) is 18.8. The molecule has 0 aromatic heterocycles. The third-order valence-corrected chi connectivity index (χ3v) is 65.3. The zero-order valence-corrected chi connectivity index (χ0v) is 42.0. The summed E-state index contributed by atoms with van der Waals surface area (Å²) in [5, 5.41) is 0. The van der Waals surface area contributed by atoms with Crippen LogP contribution in [0.2, 0.25) is 13.1 Å². The number of allylic oxidation sites excluding steroid dienone is 2. The van der Waals surface area contributed by atoms with E-state index in [2.05, 4.69) is 200 Å². The minimum atomic E-state index is -5.32. The average molecular weight is 924 g/mol. The van der Waals surface area contributed by atoms with Crippen LogP contribution in [0.15, 0.2) is 133 Å². The van der Waals surface area contributed by atoms with Crippen LogP contribution < -0.4 is 0 Å². The molecule has 6 aromatic rings. The van der Waals surface area contributed by atoms with Gasteiger partial charge in [-0.15, -0.1) is 0 Å². The Morgan fingerprint density at radius 2 is 0.867 bits per heavy atom. The number of hydrogen-bond donors (Lipinski definition) is 0. The second-order valence-corrected chi connectivity index (χ2v) is 60.9. The molecule has 0 bridgehead atoms. The van der Waals surface area contributed by atoms with Crippen LogP contribution in [-0.2, 0) is 28.4 Å². The van der Waals surface area contributed by atoms with Crippen LogP contribution >= 0.6 is 17.0 Å². The van der Waals surface area contributed by atoms with Crippen molar-refractivity contribution in [2.45, 2.75) is 99.4 Å². The molecule has 2 aliphatic carbocycles. The summed E-state index contributed by atoms with van der Waals surface area (Å²) in [6, 6.07) is 50.1. The summed E-state index contributed by atoms with van der Waals surface area (Å²) >= 11 is -5.32. The fourth-order valence-corrected chi connectivity index (χ4v) is 40.9. The van der Waals surface area contributed by atoms with Crippen molar-refractivity contribution >= 4 is 46.2 Å². The molecule has 2 atom stereocenters. The van der Waals surface area contributed by atoms with Crippen molar-refractivity contribution in [3.05, 3.63) is 189 Å². The summed E-state index contributed by atoms with van der Waals surface area (Å²) in [5.74, 6) is -1.12. The van der Waals surface area contributed by atoms with Crippen LogP contribution in [0, 0.1) is 0 Å². The summed E-state index contributed by atoms with van der Waals surface area (Å²) in [4.78, 5) is 0. The number of fused-ring (bicyclic) bond motifs is 2. The summed E-state index contributed by atoms with van der Waals surface area (Å²) in [6.07, 6.45) is 9.26. The van der Waals surface area contributed by atoms with Gasteiger partial charge in [0.25, 0.3) is 0 Å². The molecule has 307 valence electrons. The Morgan fingerprint density at radius 3 is 1.22 bits per heavy atom. The van der Waals surface area contributed by atoms with E-state index in [1.165, 1.54) is 89.0 Å². The fourth-order valence-electron chi connectivity index (χ4n) is 10.8. The molecule has 0 radical (unpaired) electrons. The molecule has 4 heteroatoms. The van der Waals surface area contributed by atoms with Crippen molar-refractivity contribution in [1.82, 2.24) is 0 Å². The Labute approximate surface area is 369 Å². The first-order valence-corrected chi connectivity index (χ1v) is 38.8. The van der Waals surface area contributed by atoms with E-state index >= 15 is 0 Å². The quantitative estimate of drug-likeness (QED) is 0.101. The van der Waals surface area contributed by atoms with Gasteiger partial charge in [-0.05, 0) is 0 Å². The van der Waals surface area contributed by atoms with E-state index in [0.717, 1.165) is 25.7 Å². The molecule has 0 saturated carbocycles. The van der Waals surface area contributed by atoms with Crippen LogP contribution in [0.25, 0.3) is 45.6 Å². The molecule has 8 rings (SSSR count). The predicted octanol–water partition coefficient (Wildman–Crippen LogP) is 17.0. The fraction of sp³-hybridized carbons (Fsp3) is 0.286. The number of rotatable bonds is 13. The molecule has 0 spiro atoms. The standard InChI is InChI=1S/2C27H27.C2H7Si.2ClH.Zr/c2*1-4-10-21-15-16-22-17-23(20-11-6-5-7-12-20)18-26(22)27(21)25-14-9-8-13-24(25)19(2)3;1-3-2;;;/h2*5-9,11-19H,4,10H2,1-3H3;3H,1-2H3;2*1H;/q;;;;;+2/p-2. The van der Waals surface area contributed by atoms with Crippen molar-refractivity contribution in [2.24, 2.45) is 0 Å². The molecule has 0 N–H and O–H groups in total. The van der Waals surface area contributed by atoms with Gasteiger partial charge < -0.3 is 0 Å². The van der Waals surface area contributed by atoms with E-state index in [1.54, 1.807) is 0 Å². The summed E-state index contributed by atoms with van der Waals surface area (Å²) in [5.41, 5.74) is 21.3. The van der Waals surface area contributed by atoms with E-state index in [-0.39, 0.29) is 7.25 Å². The molecule has 60 heavy (non-hydrogen) atoms. The Balaban J connectivity index is 1.48.